The van der Waals surface area contributed by atoms with Gasteiger partial charge in [-0.05, 0) is 37.9 Å². The Bertz CT molecular complexity index is 289. The minimum Gasteiger partial charge on any atom is -0.326 e. The average molecular weight is 301 g/mol. The van der Waals surface area contributed by atoms with E-state index in [1.807, 2.05) is 0 Å². The highest BCUT2D eigenvalue weighted by atomic mass is 79.9. The van der Waals surface area contributed by atoms with E-state index in [4.69, 9.17) is 5.73 Å². The third kappa shape index (κ3) is 1.67. The number of rotatable bonds is 1. The molecule has 0 spiro atoms. The first-order valence-corrected chi connectivity index (χ1v) is 4.68. The van der Waals surface area contributed by atoms with Gasteiger partial charge in [-0.1, -0.05) is 0 Å². The van der Waals surface area contributed by atoms with Crippen LogP contribution in [-0.4, -0.2) is 0 Å². The van der Waals surface area contributed by atoms with Crippen LogP contribution in [0, 0.1) is 11.6 Å². The maximum absolute atomic E-state index is 13.1. The van der Waals surface area contributed by atoms with Gasteiger partial charge in [0.15, 0.2) is 0 Å². The Morgan fingerprint density at radius 2 is 1.92 bits per heavy atom. The van der Waals surface area contributed by atoms with E-state index in [2.05, 4.69) is 31.9 Å². The lowest BCUT2D eigenvalue weighted by atomic mass is 10.2. The van der Waals surface area contributed by atoms with E-state index in [0.29, 0.717) is 0 Å². The van der Waals surface area contributed by atoms with Gasteiger partial charge in [0.25, 0.3) is 0 Å². The highest BCUT2D eigenvalue weighted by Crippen LogP contribution is 2.28. The van der Waals surface area contributed by atoms with Crippen LogP contribution in [0.3, 0.4) is 0 Å². The Morgan fingerprint density at radius 3 is 2.42 bits per heavy atom. The van der Waals surface area contributed by atoms with Crippen molar-refractivity contribution in [2.24, 2.45) is 5.73 Å². The summed E-state index contributed by atoms with van der Waals surface area (Å²) >= 11 is 5.79. The molecule has 0 bridgehead atoms. The van der Waals surface area contributed by atoms with Gasteiger partial charge in [-0.2, -0.15) is 0 Å². The van der Waals surface area contributed by atoms with Gasteiger partial charge in [-0.15, -0.1) is 0 Å². The molecule has 1 aromatic carbocycles. The fourth-order valence-corrected chi connectivity index (χ4v) is 1.69. The van der Waals surface area contributed by atoms with Crippen molar-refractivity contribution in [3.63, 3.8) is 0 Å². The summed E-state index contributed by atoms with van der Waals surface area (Å²) in [7, 11) is 0. The van der Waals surface area contributed by atoms with Gasteiger partial charge in [0.2, 0.25) is 0 Å². The molecule has 1 rings (SSSR count). The first-order chi connectivity index (χ1) is 5.57. The lowest BCUT2D eigenvalue weighted by molar-refractivity contribution is 0.574. The second-order valence-electron chi connectivity index (χ2n) is 2.15. The minimum absolute atomic E-state index is 0.0389. The third-order valence-electron chi connectivity index (χ3n) is 1.41. The molecule has 2 N–H and O–H groups in total. The van der Waals surface area contributed by atoms with Gasteiger partial charge < -0.3 is 5.73 Å². The fourth-order valence-electron chi connectivity index (χ4n) is 0.802. The molecule has 0 aliphatic carbocycles. The second-order valence-corrected chi connectivity index (χ2v) is 3.80. The van der Waals surface area contributed by atoms with Crippen molar-refractivity contribution < 1.29 is 8.78 Å². The van der Waals surface area contributed by atoms with Crippen LogP contribution in [0.25, 0.3) is 0 Å². The topological polar surface area (TPSA) is 26.0 Å². The lowest BCUT2D eigenvalue weighted by Crippen LogP contribution is -2.03. The highest BCUT2D eigenvalue weighted by Gasteiger charge is 2.13. The number of halogens is 4. The number of hydrogen-bond acceptors (Lipinski definition) is 1. The van der Waals surface area contributed by atoms with E-state index in [0.717, 1.165) is 6.07 Å². The van der Waals surface area contributed by atoms with Crippen molar-refractivity contribution >= 4 is 31.9 Å². The summed E-state index contributed by atoms with van der Waals surface area (Å²) in [6.07, 6.45) is 0. The van der Waals surface area contributed by atoms with Crippen LogP contribution in [0.1, 0.15) is 5.56 Å². The summed E-state index contributed by atoms with van der Waals surface area (Å²) in [5.41, 5.74) is 5.37. The summed E-state index contributed by atoms with van der Waals surface area (Å²) in [5.74, 6) is -1.05. The molecule has 0 aromatic heterocycles. The zero-order valence-corrected chi connectivity index (χ0v) is 9.05. The normalized spacial score (nSPS) is 10.4. The van der Waals surface area contributed by atoms with Crippen molar-refractivity contribution in [2.45, 2.75) is 6.54 Å². The molecule has 0 heterocycles. The first-order valence-electron chi connectivity index (χ1n) is 3.10. The minimum atomic E-state index is -0.524. The van der Waals surface area contributed by atoms with Crippen LogP contribution >= 0.6 is 31.9 Å². The van der Waals surface area contributed by atoms with Gasteiger partial charge >= 0.3 is 0 Å². The van der Waals surface area contributed by atoms with Crippen molar-refractivity contribution in [2.75, 3.05) is 0 Å². The lowest BCUT2D eigenvalue weighted by Gasteiger charge is -2.05. The largest absolute Gasteiger partial charge is 0.326 e. The SMILES string of the molecule is NCc1c(F)c(Br)cc(F)c1Br. The Labute approximate surface area is 85.2 Å². The van der Waals surface area contributed by atoms with Gasteiger partial charge in [-0.25, -0.2) is 8.78 Å². The van der Waals surface area contributed by atoms with Crippen LogP contribution < -0.4 is 5.73 Å². The van der Waals surface area contributed by atoms with Gasteiger partial charge in [-0.3, -0.25) is 0 Å². The van der Waals surface area contributed by atoms with Gasteiger partial charge in [0, 0.05) is 12.1 Å². The molecule has 0 fully saturated rings. The van der Waals surface area contributed by atoms with Crippen molar-refractivity contribution in [3.8, 4) is 0 Å². The third-order valence-corrected chi connectivity index (χ3v) is 2.84. The van der Waals surface area contributed by atoms with E-state index < -0.39 is 11.6 Å². The molecule has 0 radical (unpaired) electrons. The number of nitrogens with two attached hydrogens (primary N) is 1. The van der Waals surface area contributed by atoms with Crippen LogP contribution in [-0.2, 0) is 6.54 Å². The quantitative estimate of drug-likeness (QED) is 0.793. The molecule has 0 saturated carbocycles. The van der Waals surface area contributed by atoms with Gasteiger partial charge in [0.1, 0.15) is 11.6 Å². The standard InChI is InChI=1S/C7H5Br2F2N/c8-4-1-5(10)6(9)3(2-12)7(4)11/h1H,2,12H2. The predicted octanol–water partition coefficient (Wildman–Crippen LogP) is 2.95. The van der Waals surface area contributed by atoms with Crippen molar-refractivity contribution in [1.29, 1.82) is 0 Å². The fraction of sp³-hybridized carbons (Fsp3) is 0.143. The summed E-state index contributed by atoms with van der Waals surface area (Å²) in [6, 6.07) is 1.05. The Balaban J connectivity index is 3.42. The van der Waals surface area contributed by atoms with E-state index in [1.165, 1.54) is 0 Å². The molecule has 5 heteroatoms. The molecule has 12 heavy (non-hydrogen) atoms. The maximum atomic E-state index is 13.1. The van der Waals surface area contributed by atoms with Crippen LogP contribution in [0.5, 0.6) is 0 Å². The molecule has 1 nitrogen and oxygen atoms in total. The summed E-state index contributed by atoms with van der Waals surface area (Å²) in [6.45, 7) is -0.0389. The van der Waals surface area contributed by atoms with Crippen molar-refractivity contribution in [1.82, 2.24) is 0 Å². The molecular weight excluding hydrogens is 296 g/mol. The molecule has 66 valence electrons. The smallest absolute Gasteiger partial charge is 0.143 e. The molecular formula is C7H5Br2F2N. The molecule has 0 saturated heterocycles. The Kier molecular flexibility index (Phi) is 3.20. The van der Waals surface area contributed by atoms with Crippen LogP contribution in [0.4, 0.5) is 8.78 Å². The first kappa shape index (κ1) is 10.1. The van der Waals surface area contributed by atoms with Gasteiger partial charge in [0.05, 0.1) is 8.95 Å². The van der Waals surface area contributed by atoms with E-state index in [1.54, 1.807) is 0 Å². The monoisotopic (exact) mass is 299 g/mol. The predicted molar refractivity (Wildman–Crippen MR) is 49.6 cm³/mol. The van der Waals surface area contributed by atoms with E-state index in [9.17, 15) is 8.78 Å². The average Bonchev–Trinajstić information content (AvgIpc) is 2.02. The summed E-state index contributed by atoms with van der Waals surface area (Å²) in [5, 5.41) is 0. The molecule has 0 amide bonds. The maximum Gasteiger partial charge on any atom is 0.143 e. The van der Waals surface area contributed by atoms with Crippen molar-refractivity contribution in [3.05, 3.63) is 32.2 Å². The van der Waals surface area contributed by atoms with Crippen LogP contribution in [0.2, 0.25) is 0 Å². The van der Waals surface area contributed by atoms with Crippen LogP contribution in [0.15, 0.2) is 15.0 Å². The number of hydrogen-bond donors (Lipinski definition) is 1. The molecule has 0 aliphatic heterocycles. The summed E-state index contributed by atoms with van der Waals surface area (Å²) in [4.78, 5) is 0. The van der Waals surface area contributed by atoms with E-state index >= 15 is 0 Å². The molecule has 1 aromatic rings. The van der Waals surface area contributed by atoms with E-state index in [-0.39, 0.29) is 21.1 Å². The molecule has 0 atom stereocenters. The molecule has 0 unspecified atom stereocenters. The highest BCUT2D eigenvalue weighted by molar-refractivity contribution is 9.11. The summed E-state index contributed by atoms with van der Waals surface area (Å²) < 4.78 is 26.2. The Hall–Kier alpha value is -0.0000000000000000555. The Morgan fingerprint density at radius 1 is 1.33 bits per heavy atom. The zero-order chi connectivity index (χ0) is 9.30. The second kappa shape index (κ2) is 3.81. The molecule has 0 aliphatic rings. The number of benzene rings is 1. The zero-order valence-electron chi connectivity index (χ0n) is 5.87.